The second-order valence-corrected chi connectivity index (χ2v) is 7.63. The van der Waals surface area contributed by atoms with Gasteiger partial charge in [0.2, 0.25) is 0 Å². The molecule has 1 aliphatic carbocycles. The van der Waals surface area contributed by atoms with Crippen molar-refractivity contribution in [3.05, 3.63) is 83.8 Å². The highest BCUT2D eigenvalue weighted by Gasteiger charge is 2.23. The van der Waals surface area contributed by atoms with Gasteiger partial charge in [-0.05, 0) is 23.8 Å². The molecule has 0 amide bonds. The number of benzene rings is 2. The molecule has 3 N–H and O–H groups in total. The topological polar surface area (TPSA) is 90.7 Å². The van der Waals surface area contributed by atoms with Gasteiger partial charge in [0, 0.05) is 28.9 Å². The molecule has 1 heterocycles. The fourth-order valence-electron chi connectivity index (χ4n) is 3.68. The normalized spacial score (nSPS) is 15.5. The molecule has 2 aromatic carbocycles. The van der Waals surface area contributed by atoms with Crippen LogP contribution in [0.15, 0.2) is 66.8 Å². The quantitative estimate of drug-likeness (QED) is 0.474. The molecular formula is C25H22FNO4. The predicted molar refractivity (Wildman–Crippen MR) is 117 cm³/mol. The van der Waals surface area contributed by atoms with E-state index in [9.17, 15) is 19.4 Å². The number of allylic oxidation sites excluding steroid dienone is 2. The van der Waals surface area contributed by atoms with Gasteiger partial charge in [0.1, 0.15) is 5.82 Å². The highest BCUT2D eigenvalue weighted by atomic mass is 19.1. The van der Waals surface area contributed by atoms with Crippen molar-refractivity contribution < 1.29 is 24.5 Å². The van der Waals surface area contributed by atoms with Gasteiger partial charge >= 0.3 is 5.97 Å². The number of aliphatic hydroxyl groups excluding tert-OH is 2. The van der Waals surface area contributed by atoms with Crippen molar-refractivity contribution >= 4 is 22.9 Å². The summed E-state index contributed by atoms with van der Waals surface area (Å²) in [6.07, 6.45) is 4.65. The third kappa shape index (κ3) is 4.87. The summed E-state index contributed by atoms with van der Waals surface area (Å²) in [4.78, 5) is 15.6. The van der Waals surface area contributed by atoms with Crippen molar-refractivity contribution in [2.45, 2.75) is 31.0 Å². The van der Waals surface area contributed by atoms with E-state index >= 15 is 0 Å². The van der Waals surface area contributed by atoms with Crippen molar-refractivity contribution in [1.82, 2.24) is 4.98 Å². The van der Waals surface area contributed by atoms with Gasteiger partial charge in [-0.3, -0.25) is 9.78 Å². The number of rotatable bonds is 8. The molecular weight excluding hydrogens is 397 g/mol. The third-order valence-corrected chi connectivity index (χ3v) is 5.20. The molecule has 0 bridgehead atoms. The van der Waals surface area contributed by atoms with Crippen LogP contribution in [0.5, 0.6) is 0 Å². The molecule has 4 rings (SSSR count). The predicted octanol–water partition coefficient (Wildman–Crippen LogP) is 4.29. The molecule has 0 fully saturated rings. The number of halogens is 1. The van der Waals surface area contributed by atoms with E-state index in [4.69, 9.17) is 10.1 Å². The Kier molecular flexibility index (Phi) is 5.93. The molecule has 158 valence electrons. The van der Waals surface area contributed by atoms with Crippen molar-refractivity contribution in [3.63, 3.8) is 0 Å². The number of hydrogen-bond donors (Lipinski definition) is 3. The molecule has 0 unspecified atom stereocenters. The van der Waals surface area contributed by atoms with E-state index < -0.39 is 24.6 Å². The van der Waals surface area contributed by atoms with Crippen LogP contribution in [0.1, 0.15) is 30.0 Å². The highest BCUT2D eigenvalue weighted by Crippen LogP contribution is 2.40. The minimum absolute atomic E-state index is 0.0817. The minimum atomic E-state index is -1.15. The van der Waals surface area contributed by atoms with Crippen molar-refractivity contribution in [2.24, 2.45) is 0 Å². The van der Waals surface area contributed by atoms with Crippen LogP contribution in [0.3, 0.4) is 0 Å². The van der Waals surface area contributed by atoms with Gasteiger partial charge in [-0.25, -0.2) is 4.39 Å². The molecule has 2 atom stereocenters. The zero-order valence-electron chi connectivity index (χ0n) is 16.6. The smallest absolute Gasteiger partial charge is 0.305 e. The average molecular weight is 419 g/mol. The van der Waals surface area contributed by atoms with Gasteiger partial charge in [0.15, 0.2) is 0 Å². The SMILES string of the molecule is O=C(O)C[C@H](O)C[C@H](O)C=Cc1c(C2C=C2)nc2ccccc2c1-c1ccc(F)cc1. The fraction of sp³-hybridized carbons (Fsp3) is 0.200. The van der Waals surface area contributed by atoms with Crippen LogP contribution in [0, 0.1) is 5.82 Å². The van der Waals surface area contributed by atoms with Gasteiger partial charge in [-0.2, -0.15) is 0 Å². The average Bonchev–Trinajstić information content (AvgIpc) is 3.56. The number of hydrogen-bond acceptors (Lipinski definition) is 4. The van der Waals surface area contributed by atoms with E-state index in [1.54, 1.807) is 18.2 Å². The number of aliphatic hydroxyl groups is 2. The van der Waals surface area contributed by atoms with Crippen LogP contribution in [-0.4, -0.2) is 38.5 Å². The summed E-state index contributed by atoms with van der Waals surface area (Å²) < 4.78 is 13.6. The first kappa shape index (κ1) is 20.9. The lowest BCUT2D eigenvalue weighted by Crippen LogP contribution is -2.19. The van der Waals surface area contributed by atoms with Crippen LogP contribution in [0.25, 0.3) is 28.1 Å². The number of aliphatic carboxylic acids is 1. The first-order chi connectivity index (χ1) is 14.9. The Balaban J connectivity index is 1.79. The summed E-state index contributed by atoms with van der Waals surface area (Å²) in [5, 5.41) is 29.8. The third-order valence-electron chi connectivity index (χ3n) is 5.20. The second-order valence-electron chi connectivity index (χ2n) is 7.63. The Labute approximate surface area is 178 Å². The molecule has 1 aliphatic rings. The lowest BCUT2D eigenvalue weighted by atomic mass is 9.92. The van der Waals surface area contributed by atoms with Gasteiger partial charge in [0.25, 0.3) is 0 Å². The summed E-state index contributed by atoms with van der Waals surface area (Å²) in [6, 6.07) is 14.0. The molecule has 0 saturated carbocycles. The van der Waals surface area contributed by atoms with Crippen LogP contribution >= 0.6 is 0 Å². The molecule has 0 radical (unpaired) electrons. The monoisotopic (exact) mass is 419 g/mol. The van der Waals surface area contributed by atoms with Crippen LogP contribution in [0.2, 0.25) is 0 Å². The van der Waals surface area contributed by atoms with E-state index in [2.05, 4.69) is 0 Å². The number of aromatic nitrogens is 1. The zero-order valence-corrected chi connectivity index (χ0v) is 16.6. The Bertz CT molecular complexity index is 1160. The molecule has 1 aromatic heterocycles. The maximum absolute atomic E-state index is 13.6. The Morgan fingerprint density at radius 2 is 1.81 bits per heavy atom. The van der Waals surface area contributed by atoms with E-state index in [0.29, 0.717) is 0 Å². The lowest BCUT2D eigenvalue weighted by Gasteiger charge is -2.16. The van der Waals surface area contributed by atoms with E-state index in [-0.39, 0.29) is 18.2 Å². The van der Waals surface area contributed by atoms with Crippen LogP contribution in [0.4, 0.5) is 4.39 Å². The Morgan fingerprint density at radius 1 is 1.10 bits per heavy atom. The second kappa shape index (κ2) is 8.79. The van der Waals surface area contributed by atoms with E-state index in [1.807, 2.05) is 36.4 Å². The van der Waals surface area contributed by atoms with Gasteiger partial charge in [-0.1, -0.05) is 54.6 Å². The maximum atomic E-state index is 13.6. The molecule has 6 heteroatoms. The molecule has 5 nitrogen and oxygen atoms in total. The largest absolute Gasteiger partial charge is 0.481 e. The van der Waals surface area contributed by atoms with Gasteiger partial charge in [-0.15, -0.1) is 0 Å². The van der Waals surface area contributed by atoms with Gasteiger partial charge < -0.3 is 15.3 Å². The van der Waals surface area contributed by atoms with Crippen molar-refractivity contribution in [3.8, 4) is 11.1 Å². The number of para-hydroxylation sites is 1. The number of carboxylic acid groups (broad SMARTS) is 1. The Morgan fingerprint density at radius 3 is 2.48 bits per heavy atom. The Hall–Kier alpha value is -3.35. The summed E-state index contributed by atoms with van der Waals surface area (Å²) >= 11 is 0. The fourth-order valence-corrected chi connectivity index (χ4v) is 3.68. The molecule has 3 aromatic rings. The molecule has 0 spiro atoms. The first-order valence-electron chi connectivity index (χ1n) is 10.1. The lowest BCUT2D eigenvalue weighted by molar-refractivity contribution is -0.139. The van der Waals surface area contributed by atoms with Crippen molar-refractivity contribution in [1.29, 1.82) is 0 Å². The number of carbonyl (C=O) groups is 1. The minimum Gasteiger partial charge on any atom is -0.481 e. The molecule has 31 heavy (non-hydrogen) atoms. The summed E-state index contributed by atoms with van der Waals surface area (Å²) in [5.41, 5.74) is 4.14. The number of pyridine rings is 1. The van der Waals surface area contributed by atoms with E-state index in [1.165, 1.54) is 18.2 Å². The van der Waals surface area contributed by atoms with Crippen LogP contribution < -0.4 is 0 Å². The van der Waals surface area contributed by atoms with Crippen LogP contribution in [-0.2, 0) is 4.79 Å². The van der Waals surface area contributed by atoms with E-state index in [0.717, 1.165) is 33.3 Å². The molecule has 0 aliphatic heterocycles. The maximum Gasteiger partial charge on any atom is 0.305 e. The summed E-state index contributed by atoms with van der Waals surface area (Å²) in [6.45, 7) is 0. The van der Waals surface area contributed by atoms with Crippen molar-refractivity contribution in [2.75, 3.05) is 0 Å². The zero-order chi connectivity index (χ0) is 22.0. The summed E-state index contributed by atoms with van der Waals surface area (Å²) in [7, 11) is 0. The number of carboxylic acids is 1. The van der Waals surface area contributed by atoms with Gasteiger partial charge in [0.05, 0.1) is 29.8 Å². The number of nitrogens with zero attached hydrogens (tertiary/aromatic N) is 1. The first-order valence-corrected chi connectivity index (χ1v) is 10.1. The molecule has 0 saturated heterocycles. The number of fused-ring (bicyclic) bond motifs is 1. The highest BCUT2D eigenvalue weighted by molar-refractivity contribution is 5.99. The standard InChI is InChI=1S/C25H22FNO4/c26-17-9-7-15(8-10-17)24-20-3-1-2-4-22(20)27-25(16-5-6-16)21(24)12-11-18(28)13-19(29)14-23(30)31/h1-12,16,18-19,28-29H,13-14H2,(H,30,31)/t18-,19-/m1/s1. The summed E-state index contributed by atoms with van der Waals surface area (Å²) in [5.74, 6) is -1.37.